The van der Waals surface area contributed by atoms with Crippen molar-refractivity contribution in [3.05, 3.63) is 289 Å². The van der Waals surface area contributed by atoms with Crippen LogP contribution in [-0.4, -0.2) is 61.9 Å². The molecule has 8 aromatic heterocycles. The third-order valence-electron chi connectivity index (χ3n) is 10.3. The van der Waals surface area contributed by atoms with Crippen molar-refractivity contribution < 1.29 is 34.2 Å². The van der Waals surface area contributed by atoms with Gasteiger partial charge in [0.1, 0.15) is 0 Å². The molecule has 0 aliphatic rings. The van der Waals surface area contributed by atoms with Crippen LogP contribution in [0.3, 0.4) is 0 Å². The molecule has 0 saturated heterocycles. The van der Waals surface area contributed by atoms with Crippen LogP contribution in [0.5, 0.6) is 5.88 Å². The first kappa shape index (κ1) is 65.3. The summed E-state index contributed by atoms with van der Waals surface area (Å²) in [5.41, 5.74) is 12.9. The molecule has 0 spiro atoms. The number of rotatable bonds is 7. The number of nitrogens with one attached hydrogen (secondary N) is 1. The lowest BCUT2D eigenvalue weighted by Gasteiger charge is -2.03. The van der Waals surface area contributed by atoms with Crippen molar-refractivity contribution in [1.29, 1.82) is 0 Å². The zero-order valence-electron chi connectivity index (χ0n) is 45.8. The van der Waals surface area contributed by atoms with Gasteiger partial charge >= 0.3 is 13.1 Å². The van der Waals surface area contributed by atoms with Crippen LogP contribution in [0.15, 0.2) is 236 Å². The van der Waals surface area contributed by atoms with E-state index in [-0.39, 0.29) is 34.2 Å². The molecule has 0 amide bonds. The average molecular weight is 1120 g/mol. The third-order valence-corrected chi connectivity index (χ3v) is 10.6. The number of carbonyl (C=O) groups excluding carboxylic acids is 2. The number of hydrogen-bond acceptors (Lipinski definition) is 12. The number of aryl methyl sites for hydroxylation is 1. The molecule has 5 N–H and O–H groups in total. The molecular weight excluding hydrogens is 1050 g/mol. The van der Waals surface area contributed by atoms with Crippen molar-refractivity contribution in [2.24, 2.45) is 0 Å². The summed E-state index contributed by atoms with van der Waals surface area (Å²) in [6.45, 7) is 14.1. The normalized spacial score (nSPS) is 9.51. The molecule has 81 heavy (non-hydrogen) atoms. The highest BCUT2D eigenvalue weighted by Crippen LogP contribution is 2.17. The highest BCUT2D eigenvalue weighted by molar-refractivity contribution is 6.58. The summed E-state index contributed by atoms with van der Waals surface area (Å²) in [4.78, 5) is 60.0. The standard InChI is InChI=1S/C15H12N2O.C12H8N2O4.C9H9N.C8H8BNO2.C6H4ClNO2.C5H5NO.3C2H6/c16-13-6-3-11(4-7-13)15(18)12-5-8-14-2-1-9-17(14)10-12;15-12(18-11-3-1-2-8-13-11)9-4-6-10(7-5-9)14(16)17;1-8-4-5-9-3-2-6-10(9)7-8;11-9(12)7-3-4-8-2-1-5-10(8)6-7;7-5-1-3-6(4-2-5)8(9)10;7-5-3-1-2-4-6-5;3*1-2/h1-10H,16H2;1-8H;2-7H,1H3;1-6,11-12H;1-4H;1-4H,(H,6,7);3*1-2H3. The maximum Gasteiger partial charge on any atom is 0.489 e. The lowest BCUT2D eigenvalue weighted by Crippen LogP contribution is -2.30. The van der Waals surface area contributed by atoms with E-state index in [0.717, 1.165) is 11.0 Å². The number of nitrogen functional groups attached to an aromatic ring is 1. The number of nitrogens with two attached hydrogens (primary N) is 1. The van der Waals surface area contributed by atoms with Crippen molar-refractivity contribution in [1.82, 2.24) is 23.2 Å². The Morgan fingerprint density at radius 3 is 1.54 bits per heavy atom. The van der Waals surface area contributed by atoms with Crippen molar-refractivity contribution >= 4 is 69.5 Å². The fraction of sp³-hybridized carbons (Fsp3) is 0.115. The monoisotopic (exact) mass is 1110 g/mol. The number of benzene rings is 3. The molecule has 0 unspecified atom stereocenters. The molecule has 18 nitrogen and oxygen atoms in total. The van der Waals surface area contributed by atoms with E-state index in [1.54, 1.807) is 73.1 Å². The molecule has 0 saturated carbocycles. The minimum absolute atomic E-state index is 0.00519. The van der Waals surface area contributed by atoms with Gasteiger partial charge in [0.05, 0.1) is 15.4 Å². The van der Waals surface area contributed by atoms with Gasteiger partial charge < -0.3 is 38.7 Å². The minimum Gasteiger partial charge on any atom is -0.423 e. The first-order valence-corrected chi connectivity index (χ1v) is 25.9. The number of H-pyrrole nitrogens is 1. The summed E-state index contributed by atoms with van der Waals surface area (Å²) in [5, 5.41) is 38.8. The number of esters is 1. The second-order valence-corrected chi connectivity index (χ2v) is 16.2. The summed E-state index contributed by atoms with van der Waals surface area (Å²) in [6, 6.07) is 51.2. The molecule has 0 radical (unpaired) electrons. The number of carbonyl (C=O) groups is 2. The van der Waals surface area contributed by atoms with Gasteiger partial charge in [-0.25, -0.2) is 9.78 Å². The largest absolute Gasteiger partial charge is 0.489 e. The number of fused-ring (bicyclic) bond motifs is 3. The van der Waals surface area contributed by atoms with Gasteiger partial charge in [-0.15, -0.1) is 0 Å². The van der Waals surface area contributed by atoms with E-state index in [1.165, 1.54) is 71.9 Å². The van der Waals surface area contributed by atoms with Crippen molar-refractivity contribution in [2.75, 3.05) is 5.73 Å². The summed E-state index contributed by atoms with van der Waals surface area (Å²) < 4.78 is 10.9. The Balaban J connectivity index is 0.000000256. The Morgan fingerprint density at radius 1 is 0.580 bits per heavy atom. The fourth-order valence-electron chi connectivity index (χ4n) is 6.54. The minimum atomic E-state index is -1.39. The first-order chi connectivity index (χ1) is 39.1. The van der Waals surface area contributed by atoms with Crippen LogP contribution < -0.4 is 21.5 Å². The molecule has 11 aromatic rings. The van der Waals surface area contributed by atoms with Crippen LogP contribution >= 0.6 is 11.6 Å². The number of nitrogens with zero attached hydrogens (tertiary/aromatic N) is 6. The van der Waals surface area contributed by atoms with E-state index >= 15 is 0 Å². The first-order valence-electron chi connectivity index (χ1n) is 25.5. The second-order valence-electron chi connectivity index (χ2n) is 15.8. The molecule has 20 heteroatoms. The van der Waals surface area contributed by atoms with E-state index in [0.29, 0.717) is 27.3 Å². The summed E-state index contributed by atoms with van der Waals surface area (Å²) in [6.07, 6.45) is 14.6. The highest BCUT2D eigenvalue weighted by Gasteiger charge is 2.13. The Labute approximate surface area is 474 Å². The Morgan fingerprint density at radius 2 is 1.06 bits per heavy atom. The van der Waals surface area contributed by atoms with E-state index in [9.17, 15) is 34.6 Å². The number of ether oxygens (including phenoxy) is 1. The van der Waals surface area contributed by atoms with Crippen molar-refractivity contribution in [3.8, 4) is 5.88 Å². The summed E-state index contributed by atoms with van der Waals surface area (Å²) in [5.74, 6) is -0.421. The number of anilines is 1. The second kappa shape index (κ2) is 35.5. The Hall–Kier alpha value is -9.95. The maximum absolute atomic E-state index is 12.3. The van der Waals surface area contributed by atoms with Gasteiger partial charge in [-0.2, -0.15) is 0 Å². The zero-order chi connectivity index (χ0) is 59.7. The topological polar surface area (TPSA) is 255 Å². The van der Waals surface area contributed by atoms with Crippen LogP contribution in [0.25, 0.3) is 16.6 Å². The number of nitro groups is 2. The Bertz CT molecular complexity index is 3660. The molecule has 3 aromatic carbocycles. The number of halogens is 1. The van der Waals surface area contributed by atoms with E-state index in [1.807, 2.05) is 111 Å². The average Bonchev–Trinajstić information content (AvgIpc) is 4.30. The third kappa shape index (κ3) is 22.1. The van der Waals surface area contributed by atoms with Gasteiger partial charge in [-0.3, -0.25) is 29.8 Å². The van der Waals surface area contributed by atoms with Crippen LogP contribution in [-0.2, 0) is 0 Å². The molecule has 0 fully saturated rings. The SMILES string of the molecule is CC.CC.CC.Cc1ccc2cccn2c1.Nc1ccc(C(=O)c2ccc3cccn3c2)cc1.O=C(Oc1ccccn1)c1ccc([N+](=O)[O-])cc1.O=[N+]([O-])c1ccc(Cl)cc1.O=c1cccc[nH]1.OB(O)c1ccc2cccn2c1. The number of pyridine rings is 5. The van der Waals surface area contributed by atoms with E-state index in [2.05, 4.69) is 58.0 Å². The lowest BCUT2D eigenvalue weighted by molar-refractivity contribution is -0.385. The van der Waals surface area contributed by atoms with E-state index in [4.69, 9.17) is 32.1 Å². The Kier molecular flexibility index (Phi) is 28.6. The van der Waals surface area contributed by atoms with Crippen LogP contribution in [0, 0.1) is 27.2 Å². The predicted molar refractivity (Wildman–Crippen MR) is 323 cm³/mol. The number of non-ortho nitro benzene ring substituents is 2. The number of hydrogen-bond donors (Lipinski definition) is 4. The number of aromatic amines is 1. The number of nitro benzene ring substituents is 2. The smallest absolute Gasteiger partial charge is 0.423 e. The number of aromatic nitrogens is 5. The lowest BCUT2D eigenvalue weighted by atomic mass is 9.82. The van der Waals surface area contributed by atoms with Crippen molar-refractivity contribution in [3.63, 3.8) is 0 Å². The molecule has 0 aliphatic heterocycles. The molecule has 0 aliphatic carbocycles. The molecule has 11 rings (SSSR count). The zero-order valence-corrected chi connectivity index (χ0v) is 46.6. The number of ketones is 1. The molecule has 418 valence electrons. The van der Waals surface area contributed by atoms with Gasteiger partial charge in [-0.05, 0) is 139 Å². The fourth-order valence-corrected chi connectivity index (χ4v) is 6.66. The van der Waals surface area contributed by atoms with Crippen LogP contribution in [0.2, 0.25) is 5.02 Å². The summed E-state index contributed by atoms with van der Waals surface area (Å²) in [7, 11) is -1.39. The molecular formula is C61H64BClN8O10. The van der Waals surface area contributed by atoms with Gasteiger partial charge in [0.15, 0.2) is 5.78 Å². The van der Waals surface area contributed by atoms with Gasteiger partial charge in [-0.1, -0.05) is 77.4 Å². The predicted octanol–water partition coefficient (Wildman–Crippen LogP) is 12.5. The molecule has 0 atom stereocenters. The van der Waals surface area contributed by atoms with Gasteiger partial charge in [0.2, 0.25) is 11.4 Å². The van der Waals surface area contributed by atoms with Crippen LogP contribution in [0.1, 0.15) is 73.4 Å². The highest BCUT2D eigenvalue weighted by atomic mass is 35.5. The molecule has 0 bridgehead atoms. The van der Waals surface area contributed by atoms with Crippen LogP contribution in [0.4, 0.5) is 17.1 Å². The van der Waals surface area contributed by atoms with Gasteiger partial charge in [0, 0.05) is 124 Å². The molecule has 8 heterocycles. The summed E-state index contributed by atoms with van der Waals surface area (Å²) >= 11 is 5.49. The quantitative estimate of drug-likeness (QED) is 0.0290. The van der Waals surface area contributed by atoms with Crippen molar-refractivity contribution in [2.45, 2.75) is 48.5 Å². The van der Waals surface area contributed by atoms with Gasteiger partial charge in [0.25, 0.3) is 11.4 Å². The maximum atomic E-state index is 12.3. The van der Waals surface area contributed by atoms with E-state index < -0.39 is 22.9 Å².